The molecule has 0 amide bonds. The van der Waals surface area contributed by atoms with Crippen LogP contribution in [0.25, 0.3) is 0 Å². The lowest BCUT2D eigenvalue weighted by Crippen LogP contribution is -2.08. The van der Waals surface area contributed by atoms with Crippen LogP contribution in [0.4, 0.5) is 0 Å². The molecule has 0 aromatic rings. The largest absolute Gasteiger partial charge is 0.393 e. The lowest BCUT2D eigenvalue weighted by molar-refractivity contribution is 0.109. The van der Waals surface area contributed by atoms with Crippen molar-refractivity contribution < 1.29 is 9.84 Å². The Kier molecular flexibility index (Phi) is 12.9. The molecule has 0 rings (SSSR count). The summed E-state index contributed by atoms with van der Waals surface area (Å²) in [6.07, 6.45) is 10.6. The molecule has 98 valence electrons. The van der Waals surface area contributed by atoms with Gasteiger partial charge in [0.25, 0.3) is 0 Å². The minimum atomic E-state index is -0.105. The molecule has 0 aliphatic rings. The van der Waals surface area contributed by atoms with Crippen molar-refractivity contribution in [1.82, 2.24) is 0 Å². The summed E-state index contributed by atoms with van der Waals surface area (Å²) in [5.41, 5.74) is 0. The van der Waals surface area contributed by atoms with E-state index in [1.165, 1.54) is 38.5 Å². The van der Waals surface area contributed by atoms with Crippen molar-refractivity contribution >= 4 is 0 Å². The molecule has 16 heavy (non-hydrogen) atoms. The van der Waals surface area contributed by atoms with Gasteiger partial charge in [-0.1, -0.05) is 45.4 Å². The van der Waals surface area contributed by atoms with Crippen LogP contribution >= 0.6 is 0 Å². The Labute approximate surface area is 101 Å². The summed E-state index contributed by atoms with van der Waals surface area (Å²) in [6, 6.07) is 0. The van der Waals surface area contributed by atoms with Crippen LogP contribution in [-0.4, -0.2) is 24.4 Å². The van der Waals surface area contributed by atoms with E-state index in [1.54, 1.807) is 0 Å². The van der Waals surface area contributed by atoms with Gasteiger partial charge in [-0.05, 0) is 26.2 Å². The van der Waals surface area contributed by atoms with Crippen molar-refractivity contribution in [2.75, 3.05) is 13.2 Å². The molecule has 2 heteroatoms. The number of aliphatic hydroxyl groups is 1. The third kappa shape index (κ3) is 12.0. The fourth-order valence-corrected chi connectivity index (χ4v) is 1.87. The first-order valence-corrected chi connectivity index (χ1v) is 7.07. The molecule has 0 bridgehead atoms. The molecule has 0 aromatic heterocycles. The van der Waals surface area contributed by atoms with Gasteiger partial charge in [0.05, 0.1) is 6.10 Å². The van der Waals surface area contributed by atoms with Crippen molar-refractivity contribution in [2.45, 2.75) is 77.7 Å². The van der Waals surface area contributed by atoms with E-state index < -0.39 is 0 Å². The van der Waals surface area contributed by atoms with E-state index in [1.807, 2.05) is 6.92 Å². The molecule has 1 atom stereocenters. The van der Waals surface area contributed by atoms with E-state index in [0.717, 1.165) is 32.5 Å². The summed E-state index contributed by atoms with van der Waals surface area (Å²) in [4.78, 5) is 0. The highest BCUT2D eigenvalue weighted by molar-refractivity contribution is 4.56. The second-order valence-corrected chi connectivity index (χ2v) is 4.55. The summed E-state index contributed by atoms with van der Waals surface area (Å²) in [5.74, 6) is 0. The molecule has 0 heterocycles. The van der Waals surface area contributed by atoms with E-state index >= 15 is 0 Å². The summed E-state index contributed by atoms with van der Waals surface area (Å²) >= 11 is 0. The fraction of sp³-hybridized carbons (Fsp3) is 1.00. The molecule has 0 saturated carbocycles. The fourth-order valence-electron chi connectivity index (χ4n) is 1.87. The van der Waals surface area contributed by atoms with Crippen LogP contribution in [0.2, 0.25) is 0 Å². The Bertz CT molecular complexity index is 126. The van der Waals surface area contributed by atoms with Crippen LogP contribution in [0.5, 0.6) is 0 Å². The predicted octanol–water partition coefficient (Wildman–Crippen LogP) is 3.91. The summed E-state index contributed by atoms with van der Waals surface area (Å²) in [7, 11) is 0. The number of hydrogen-bond donors (Lipinski definition) is 1. The smallest absolute Gasteiger partial charge is 0.0541 e. The first-order chi connectivity index (χ1) is 7.81. The second-order valence-electron chi connectivity index (χ2n) is 4.55. The zero-order chi connectivity index (χ0) is 12.1. The molecular weight excluding hydrogens is 200 g/mol. The maximum Gasteiger partial charge on any atom is 0.0541 e. The maximum absolute atomic E-state index is 9.70. The minimum absolute atomic E-state index is 0.105. The Hall–Kier alpha value is -0.0800. The van der Waals surface area contributed by atoms with Crippen molar-refractivity contribution in [3.8, 4) is 0 Å². The summed E-state index contributed by atoms with van der Waals surface area (Å²) in [6.45, 7) is 5.83. The zero-order valence-corrected chi connectivity index (χ0v) is 11.2. The average molecular weight is 230 g/mol. The molecule has 0 spiro atoms. The Morgan fingerprint density at radius 1 is 0.875 bits per heavy atom. The van der Waals surface area contributed by atoms with Gasteiger partial charge < -0.3 is 9.84 Å². The molecule has 1 unspecified atom stereocenters. The van der Waals surface area contributed by atoms with Gasteiger partial charge in [0.2, 0.25) is 0 Å². The lowest BCUT2D eigenvalue weighted by Gasteiger charge is -2.10. The van der Waals surface area contributed by atoms with Gasteiger partial charge in [-0.2, -0.15) is 0 Å². The number of aliphatic hydroxyl groups excluding tert-OH is 1. The van der Waals surface area contributed by atoms with E-state index in [2.05, 4.69) is 6.92 Å². The van der Waals surface area contributed by atoms with Crippen LogP contribution in [0.15, 0.2) is 0 Å². The Balaban J connectivity index is 3.08. The first-order valence-electron chi connectivity index (χ1n) is 7.07. The van der Waals surface area contributed by atoms with Crippen molar-refractivity contribution in [2.24, 2.45) is 0 Å². The number of ether oxygens (including phenoxy) is 1. The van der Waals surface area contributed by atoms with Gasteiger partial charge >= 0.3 is 0 Å². The normalized spacial score (nSPS) is 12.9. The van der Waals surface area contributed by atoms with Crippen LogP contribution in [0.1, 0.15) is 71.6 Å². The quantitative estimate of drug-likeness (QED) is 0.515. The van der Waals surface area contributed by atoms with Crippen molar-refractivity contribution in [3.05, 3.63) is 0 Å². The topological polar surface area (TPSA) is 29.5 Å². The van der Waals surface area contributed by atoms with Crippen molar-refractivity contribution in [3.63, 3.8) is 0 Å². The number of unbranched alkanes of at least 4 members (excludes halogenated alkanes) is 5. The van der Waals surface area contributed by atoms with Gasteiger partial charge in [-0.25, -0.2) is 0 Å². The second kappa shape index (κ2) is 13.0. The van der Waals surface area contributed by atoms with Crippen LogP contribution in [-0.2, 0) is 4.74 Å². The van der Waals surface area contributed by atoms with Crippen LogP contribution in [0.3, 0.4) is 0 Å². The highest BCUT2D eigenvalue weighted by atomic mass is 16.5. The minimum Gasteiger partial charge on any atom is -0.393 e. The van der Waals surface area contributed by atoms with E-state index in [4.69, 9.17) is 4.74 Å². The van der Waals surface area contributed by atoms with E-state index in [9.17, 15) is 5.11 Å². The standard InChI is InChI=1S/C14H30O2/c1-3-5-6-7-8-9-11-14(15)12-10-13-16-4-2/h14-15H,3-13H2,1-2H3. The summed E-state index contributed by atoms with van der Waals surface area (Å²) in [5, 5.41) is 9.70. The number of hydrogen-bond acceptors (Lipinski definition) is 2. The van der Waals surface area contributed by atoms with Gasteiger partial charge in [0, 0.05) is 13.2 Å². The average Bonchev–Trinajstić information content (AvgIpc) is 2.29. The molecule has 0 aromatic carbocycles. The van der Waals surface area contributed by atoms with Crippen LogP contribution < -0.4 is 0 Å². The molecule has 0 radical (unpaired) electrons. The monoisotopic (exact) mass is 230 g/mol. The Morgan fingerprint density at radius 3 is 2.19 bits per heavy atom. The molecule has 0 fully saturated rings. The third-order valence-corrected chi connectivity index (χ3v) is 2.92. The lowest BCUT2D eigenvalue weighted by atomic mass is 10.0. The first kappa shape index (κ1) is 15.9. The van der Waals surface area contributed by atoms with E-state index in [0.29, 0.717) is 0 Å². The molecule has 2 nitrogen and oxygen atoms in total. The van der Waals surface area contributed by atoms with Gasteiger partial charge in [-0.3, -0.25) is 0 Å². The van der Waals surface area contributed by atoms with Gasteiger partial charge in [0.15, 0.2) is 0 Å². The molecule has 0 saturated heterocycles. The maximum atomic E-state index is 9.70. The van der Waals surface area contributed by atoms with Gasteiger partial charge in [0.1, 0.15) is 0 Å². The number of rotatable bonds is 12. The molecule has 0 aliphatic heterocycles. The third-order valence-electron chi connectivity index (χ3n) is 2.92. The zero-order valence-electron chi connectivity index (χ0n) is 11.2. The molecule has 0 aliphatic carbocycles. The highest BCUT2D eigenvalue weighted by Gasteiger charge is 2.03. The highest BCUT2D eigenvalue weighted by Crippen LogP contribution is 2.11. The predicted molar refractivity (Wildman–Crippen MR) is 69.7 cm³/mol. The molecule has 1 N–H and O–H groups in total. The SMILES string of the molecule is CCCCCCCCC(O)CCCOCC. The summed E-state index contributed by atoms with van der Waals surface area (Å²) < 4.78 is 5.24. The molecular formula is C14H30O2. The van der Waals surface area contributed by atoms with Crippen LogP contribution in [0, 0.1) is 0 Å². The van der Waals surface area contributed by atoms with Crippen molar-refractivity contribution in [1.29, 1.82) is 0 Å². The van der Waals surface area contributed by atoms with Gasteiger partial charge in [-0.15, -0.1) is 0 Å². The van der Waals surface area contributed by atoms with E-state index in [-0.39, 0.29) is 6.10 Å². The Morgan fingerprint density at radius 2 is 1.50 bits per heavy atom.